The number of hydrogen-bond donors (Lipinski definition) is 3. The van der Waals surface area contributed by atoms with Crippen LogP contribution in [0.3, 0.4) is 0 Å². The second kappa shape index (κ2) is 7.90. The van der Waals surface area contributed by atoms with Gasteiger partial charge < -0.3 is 21.6 Å². The Morgan fingerprint density at radius 1 is 1.30 bits per heavy atom. The van der Waals surface area contributed by atoms with Crippen LogP contribution < -0.4 is 21.6 Å². The number of benzene rings is 1. The first-order valence-electron chi connectivity index (χ1n) is 7.10. The van der Waals surface area contributed by atoms with E-state index < -0.39 is 0 Å². The van der Waals surface area contributed by atoms with Crippen molar-refractivity contribution >= 4 is 11.3 Å². The zero-order valence-corrected chi connectivity index (χ0v) is 13.2. The molecule has 7 nitrogen and oxygen atoms in total. The molecule has 120 valence electrons. The third kappa shape index (κ3) is 4.04. The van der Waals surface area contributed by atoms with Crippen LogP contribution in [-0.2, 0) is 0 Å². The molecule has 0 aliphatic heterocycles. The van der Waals surface area contributed by atoms with E-state index in [1.807, 2.05) is 26.2 Å². The Morgan fingerprint density at radius 2 is 2.04 bits per heavy atom. The zero-order chi connectivity index (χ0) is 16.7. The molecule has 0 fully saturated rings. The largest absolute Gasteiger partial charge is 0.457 e. The van der Waals surface area contributed by atoms with Gasteiger partial charge in [-0.25, -0.2) is 0 Å². The highest BCUT2D eigenvalue weighted by Gasteiger charge is 2.11. The number of nitrogens with two attached hydrogens (primary N) is 2. The van der Waals surface area contributed by atoms with Crippen molar-refractivity contribution in [2.75, 3.05) is 13.6 Å². The Balaban J connectivity index is 2.28. The van der Waals surface area contributed by atoms with Crippen LogP contribution in [0.1, 0.15) is 11.3 Å². The summed E-state index contributed by atoms with van der Waals surface area (Å²) in [5, 5.41) is 9.97. The molecule has 2 aromatic rings. The first kappa shape index (κ1) is 16.4. The van der Waals surface area contributed by atoms with E-state index >= 15 is 0 Å². The van der Waals surface area contributed by atoms with Crippen LogP contribution in [0.5, 0.6) is 11.5 Å². The van der Waals surface area contributed by atoms with Crippen LogP contribution in [0.2, 0.25) is 0 Å². The minimum Gasteiger partial charge on any atom is -0.457 e. The molecule has 0 amide bonds. The van der Waals surface area contributed by atoms with Crippen LogP contribution in [0.4, 0.5) is 5.69 Å². The van der Waals surface area contributed by atoms with Gasteiger partial charge in [0, 0.05) is 37.1 Å². The second-order valence-electron chi connectivity index (χ2n) is 4.76. The monoisotopic (exact) mass is 312 g/mol. The van der Waals surface area contributed by atoms with Gasteiger partial charge in [-0.3, -0.25) is 4.98 Å². The van der Waals surface area contributed by atoms with Crippen LogP contribution in [0.15, 0.2) is 53.1 Å². The molecule has 23 heavy (non-hydrogen) atoms. The minimum absolute atomic E-state index is 0.386. The average molecular weight is 312 g/mol. The molecule has 0 saturated heterocycles. The summed E-state index contributed by atoms with van der Waals surface area (Å²) in [7, 11) is 1.82. The molecule has 5 N–H and O–H groups in total. The Morgan fingerprint density at radius 3 is 2.65 bits per heavy atom. The van der Waals surface area contributed by atoms with Gasteiger partial charge in [0.05, 0.1) is 11.4 Å². The minimum atomic E-state index is 0.386. The number of hydrogen-bond acceptors (Lipinski definition) is 6. The van der Waals surface area contributed by atoms with Gasteiger partial charge in [-0.05, 0) is 37.3 Å². The lowest BCUT2D eigenvalue weighted by molar-refractivity contribution is 0.477. The number of ether oxygens (including phenoxy) is 1. The Kier molecular flexibility index (Phi) is 5.65. The van der Waals surface area contributed by atoms with Gasteiger partial charge in [-0.2, -0.15) is 0 Å². The van der Waals surface area contributed by atoms with Gasteiger partial charge in [-0.15, -0.1) is 5.11 Å². The van der Waals surface area contributed by atoms with E-state index in [1.165, 1.54) is 0 Å². The molecule has 1 aromatic carbocycles. The van der Waals surface area contributed by atoms with Gasteiger partial charge in [0.1, 0.15) is 11.5 Å². The van der Waals surface area contributed by atoms with Crippen molar-refractivity contribution in [2.45, 2.75) is 6.92 Å². The normalized spacial score (nSPS) is 11.7. The SMILES string of the molecule is CN/C=C(\CN)c1nccc(Oc2ccc(N=NN)cc2)c1C. The highest BCUT2D eigenvalue weighted by Crippen LogP contribution is 2.29. The lowest BCUT2D eigenvalue weighted by Gasteiger charge is -2.13. The molecule has 0 bridgehead atoms. The summed E-state index contributed by atoms with van der Waals surface area (Å²) >= 11 is 0. The van der Waals surface area contributed by atoms with Crippen molar-refractivity contribution in [3.8, 4) is 11.5 Å². The summed E-state index contributed by atoms with van der Waals surface area (Å²) in [5.41, 5.74) is 9.10. The Labute approximate surface area is 135 Å². The summed E-state index contributed by atoms with van der Waals surface area (Å²) < 4.78 is 5.92. The molecule has 0 aliphatic rings. The first-order chi connectivity index (χ1) is 11.2. The first-order valence-corrected chi connectivity index (χ1v) is 7.10. The Bertz CT molecular complexity index is 709. The van der Waals surface area contributed by atoms with Gasteiger partial charge in [0.25, 0.3) is 0 Å². The molecule has 1 heterocycles. The fourth-order valence-electron chi connectivity index (χ4n) is 2.13. The summed E-state index contributed by atoms with van der Waals surface area (Å²) in [6, 6.07) is 8.97. The summed E-state index contributed by atoms with van der Waals surface area (Å²) in [6.45, 7) is 2.34. The molecule has 0 atom stereocenters. The van der Waals surface area contributed by atoms with E-state index in [0.29, 0.717) is 18.0 Å². The van der Waals surface area contributed by atoms with Crippen molar-refractivity contribution < 1.29 is 4.74 Å². The second-order valence-corrected chi connectivity index (χ2v) is 4.76. The predicted molar refractivity (Wildman–Crippen MR) is 90.3 cm³/mol. The maximum atomic E-state index is 5.92. The third-order valence-corrected chi connectivity index (χ3v) is 3.23. The van der Waals surface area contributed by atoms with Crippen LogP contribution >= 0.6 is 0 Å². The lowest BCUT2D eigenvalue weighted by Crippen LogP contribution is -2.09. The fourth-order valence-corrected chi connectivity index (χ4v) is 2.13. The van der Waals surface area contributed by atoms with Gasteiger partial charge in [0.2, 0.25) is 0 Å². The van der Waals surface area contributed by atoms with Crippen molar-refractivity contribution in [1.29, 1.82) is 0 Å². The summed E-state index contributed by atoms with van der Waals surface area (Å²) in [5.74, 6) is 6.43. The van der Waals surface area contributed by atoms with Crippen molar-refractivity contribution in [3.63, 3.8) is 0 Å². The number of aromatic nitrogens is 1. The maximum absolute atomic E-state index is 5.92. The molecule has 7 heteroatoms. The van der Waals surface area contributed by atoms with E-state index in [0.717, 1.165) is 22.6 Å². The molecule has 1 aromatic heterocycles. The molecule has 0 spiro atoms. The standard InChI is InChI=1S/C16H20N6O/c1-11-15(7-8-20-16(11)12(9-17)10-19-2)23-14-5-3-13(4-6-14)21-22-18/h3-8,10,19H,9,17H2,1-2H3,(H2,18,21)/b12-10+. The lowest BCUT2D eigenvalue weighted by atomic mass is 10.1. The number of nitrogens with one attached hydrogen (secondary N) is 1. The fraction of sp³-hybridized carbons (Fsp3) is 0.188. The molecule has 0 aliphatic carbocycles. The van der Waals surface area contributed by atoms with Crippen LogP contribution in [-0.4, -0.2) is 18.6 Å². The van der Waals surface area contributed by atoms with E-state index in [4.69, 9.17) is 16.3 Å². The molecule has 0 radical (unpaired) electrons. The topological polar surface area (TPSA) is 111 Å². The van der Waals surface area contributed by atoms with Gasteiger partial charge in [-0.1, -0.05) is 5.22 Å². The quantitative estimate of drug-likeness (QED) is 0.431. The van der Waals surface area contributed by atoms with Crippen molar-refractivity contribution in [1.82, 2.24) is 10.3 Å². The number of rotatable bonds is 6. The average Bonchev–Trinajstić information content (AvgIpc) is 2.57. The van der Waals surface area contributed by atoms with Crippen molar-refractivity contribution in [2.24, 2.45) is 21.9 Å². The number of nitrogens with zero attached hydrogens (tertiary/aromatic N) is 3. The highest BCUT2D eigenvalue weighted by atomic mass is 16.5. The highest BCUT2D eigenvalue weighted by molar-refractivity contribution is 5.68. The molecule has 0 unspecified atom stereocenters. The van der Waals surface area contributed by atoms with Crippen LogP contribution in [0, 0.1) is 6.92 Å². The smallest absolute Gasteiger partial charge is 0.134 e. The number of pyridine rings is 1. The van der Waals surface area contributed by atoms with E-state index in [2.05, 4.69) is 20.6 Å². The summed E-state index contributed by atoms with van der Waals surface area (Å²) in [6.07, 6.45) is 3.54. The molecular weight excluding hydrogens is 292 g/mol. The van der Waals surface area contributed by atoms with E-state index in [1.54, 1.807) is 30.5 Å². The zero-order valence-electron chi connectivity index (χ0n) is 13.2. The Hall–Kier alpha value is -2.93. The van der Waals surface area contributed by atoms with E-state index in [9.17, 15) is 0 Å². The predicted octanol–water partition coefficient (Wildman–Crippen LogP) is 2.66. The third-order valence-electron chi connectivity index (χ3n) is 3.23. The van der Waals surface area contributed by atoms with Crippen molar-refractivity contribution in [3.05, 3.63) is 54.0 Å². The van der Waals surface area contributed by atoms with Gasteiger partial charge in [0.15, 0.2) is 0 Å². The maximum Gasteiger partial charge on any atom is 0.134 e. The van der Waals surface area contributed by atoms with E-state index in [-0.39, 0.29) is 0 Å². The molecular formula is C16H20N6O. The van der Waals surface area contributed by atoms with Gasteiger partial charge >= 0.3 is 0 Å². The molecule has 0 saturated carbocycles. The van der Waals surface area contributed by atoms with Crippen LogP contribution in [0.25, 0.3) is 5.57 Å². The summed E-state index contributed by atoms with van der Waals surface area (Å²) in [4.78, 5) is 4.40. The molecule has 2 rings (SSSR count).